The molecule has 4 nitrogen and oxygen atoms in total. The van der Waals surface area contributed by atoms with Crippen LogP contribution < -0.4 is 0 Å². The summed E-state index contributed by atoms with van der Waals surface area (Å²) < 4.78 is 27.2. The predicted molar refractivity (Wildman–Crippen MR) is 91.5 cm³/mol. The van der Waals surface area contributed by atoms with Crippen LogP contribution in [0.25, 0.3) is 11.1 Å². The lowest BCUT2D eigenvalue weighted by molar-refractivity contribution is 0.445. The van der Waals surface area contributed by atoms with E-state index in [4.69, 9.17) is 0 Å². The molecule has 0 amide bonds. The fourth-order valence-electron chi connectivity index (χ4n) is 2.65. The van der Waals surface area contributed by atoms with E-state index in [-0.39, 0.29) is 4.90 Å². The van der Waals surface area contributed by atoms with Gasteiger partial charge in [0.05, 0.1) is 4.90 Å². The summed E-state index contributed by atoms with van der Waals surface area (Å²) in [6.07, 6.45) is 1.90. The lowest BCUT2D eigenvalue weighted by Crippen LogP contribution is -2.31. The molecule has 0 saturated heterocycles. The summed E-state index contributed by atoms with van der Waals surface area (Å²) in [5.41, 5.74) is 2.51. The normalized spacial score (nSPS) is 11.7. The fourth-order valence-corrected chi connectivity index (χ4v) is 4.32. The minimum atomic E-state index is -3.58. The summed E-state index contributed by atoms with van der Waals surface area (Å²) in [6, 6.07) is 12.1. The molecule has 0 aliphatic heterocycles. The third kappa shape index (κ3) is 3.21. The highest BCUT2D eigenvalue weighted by Gasteiger charge is 2.25. The number of nitrogens with zero attached hydrogens (tertiary/aromatic N) is 1. The Morgan fingerprint density at radius 2 is 1.57 bits per heavy atom. The van der Waals surface area contributed by atoms with Crippen LogP contribution in [0.3, 0.4) is 0 Å². The summed E-state index contributed by atoms with van der Waals surface area (Å²) in [6.45, 7) is 6.26. The Balaban J connectivity index is 2.71. The van der Waals surface area contributed by atoms with Crippen molar-refractivity contribution in [1.82, 2.24) is 4.31 Å². The van der Waals surface area contributed by atoms with Crippen molar-refractivity contribution < 1.29 is 13.2 Å². The highest BCUT2D eigenvalue weighted by molar-refractivity contribution is 7.89. The van der Waals surface area contributed by atoms with Crippen LogP contribution in [0.15, 0.2) is 47.4 Å². The summed E-state index contributed by atoms with van der Waals surface area (Å²) in [4.78, 5) is 11.3. The minimum absolute atomic E-state index is 0.259. The molecule has 0 N–H and O–H groups in total. The van der Waals surface area contributed by atoms with E-state index in [1.54, 1.807) is 43.3 Å². The first-order valence-electron chi connectivity index (χ1n) is 7.54. The third-order valence-corrected chi connectivity index (χ3v) is 6.05. The highest BCUT2D eigenvalue weighted by atomic mass is 32.2. The van der Waals surface area contributed by atoms with Gasteiger partial charge >= 0.3 is 0 Å². The maximum atomic E-state index is 12.9. The molecule has 2 aromatic carbocycles. The van der Waals surface area contributed by atoms with Crippen LogP contribution in [0.1, 0.15) is 25.0 Å². The van der Waals surface area contributed by atoms with Crippen molar-refractivity contribution in [3.8, 4) is 11.1 Å². The van der Waals surface area contributed by atoms with Crippen LogP contribution in [0, 0.1) is 6.92 Å². The van der Waals surface area contributed by atoms with Gasteiger partial charge in [0.2, 0.25) is 16.3 Å². The van der Waals surface area contributed by atoms with Gasteiger partial charge in [0.1, 0.15) is 0 Å². The van der Waals surface area contributed by atoms with E-state index < -0.39 is 10.0 Å². The van der Waals surface area contributed by atoms with Gasteiger partial charge in [-0.1, -0.05) is 50.2 Å². The lowest BCUT2D eigenvalue weighted by atomic mass is 9.97. The molecule has 0 aromatic heterocycles. The molecule has 121 valence electrons. The Hall–Kier alpha value is -1.98. The molecule has 0 heterocycles. The van der Waals surface area contributed by atoms with Gasteiger partial charge < -0.3 is 0 Å². The third-order valence-electron chi connectivity index (χ3n) is 3.94. The summed E-state index contributed by atoms with van der Waals surface area (Å²) >= 11 is 0. The average molecular weight is 330 g/mol. The minimum Gasteiger partial charge on any atom is -0.285 e. The maximum Gasteiger partial charge on any atom is 0.243 e. The molecule has 5 heteroatoms. The van der Waals surface area contributed by atoms with E-state index >= 15 is 0 Å². The van der Waals surface area contributed by atoms with Crippen LogP contribution >= 0.6 is 0 Å². The number of rotatable bonds is 6. The molecule has 0 unspecified atom stereocenters. The van der Waals surface area contributed by atoms with Crippen molar-refractivity contribution in [3.63, 3.8) is 0 Å². The van der Waals surface area contributed by atoms with Crippen molar-refractivity contribution >= 4 is 16.3 Å². The molecule has 0 saturated carbocycles. The second kappa shape index (κ2) is 7.06. The molecule has 0 atom stereocenters. The van der Waals surface area contributed by atoms with Crippen LogP contribution in [0.5, 0.6) is 0 Å². The molecule has 0 aliphatic rings. The van der Waals surface area contributed by atoms with Crippen molar-refractivity contribution in [3.05, 3.63) is 53.6 Å². The van der Waals surface area contributed by atoms with Gasteiger partial charge in [0, 0.05) is 24.2 Å². The monoisotopic (exact) mass is 330 g/mol. The maximum absolute atomic E-state index is 12.9. The first-order valence-corrected chi connectivity index (χ1v) is 8.98. The first-order chi connectivity index (χ1) is 11.0. The van der Waals surface area contributed by atoms with Gasteiger partial charge in [0.25, 0.3) is 0 Å². The number of hydrogen-bond acceptors (Lipinski definition) is 3. The Bertz CT molecular complexity index is 809. The summed E-state index contributed by atoms with van der Waals surface area (Å²) in [5.74, 6) is 0. The van der Waals surface area contributed by atoms with Gasteiger partial charge in [-0.3, -0.25) is 4.79 Å². The molecule has 23 heavy (non-hydrogen) atoms. The van der Waals surface area contributed by atoms with Crippen molar-refractivity contribution in [2.45, 2.75) is 25.7 Å². The Morgan fingerprint density at radius 3 is 2.17 bits per heavy atom. The van der Waals surface area contributed by atoms with E-state index in [0.29, 0.717) is 24.2 Å². The van der Waals surface area contributed by atoms with Gasteiger partial charge in [0.15, 0.2) is 0 Å². The van der Waals surface area contributed by atoms with Gasteiger partial charge in [-0.2, -0.15) is 4.31 Å². The van der Waals surface area contributed by atoms with E-state index in [9.17, 15) is 13.2 Å². The average Bonchev–Trinajstić information content (AvgIpc) is 2.56. The smallest absolute Gasteiger partial charge is 0.243 e. The van der Waals surface area contributed by atoms with Gasteiger partial charge in [-0.05, 0) is 24.1 Å². The Labute approximate surface area is 137 Å². The summed E-state index contributed by atoms with van der Waals surface area (Å²) in [5, 5.41) is 0. The predicted octanol–water partition coefficient (Wildman–Crippen LogP) is 3.15. The highest BCUT2D eigenvalue weighted by Crippen LogP contribution is 2.32. The fraction of sp³-hybridized carbons (Fsp3) is 0.278. The second-order valence-electron chi connectivity index (χ2n) is 5.17. The van der Waals surface area contributed by atoms with Crippen molar-refractivity contribution in [2.75, 3.05) is 13.1 Å². The zero-order chi connectivity index (χ0) is 17.0. The van der Waals surface area contributed by atoms with E-state index in [2.05, 4.69) is 0 Å². The number of hydrogen-bond donors (Lipinski definition) is 0. The van der Waals surface area contributed by atoms with Crippen LogP contribution in [-0.2, 0) is 14.8 Å². The van der Waals surface area contributed by atoms with Crippen LogP contribution in [-0.4, -0.2) is 32.1 Å². The zero-order valence-electron chi connectivity index (χ0n) is 13.5. The van der Waals surface area contributed by atoms with Gasteiger partial charge in [-0.15, -0.1) is 0 Å². The quantitative estimate of drug-likeness (QED) is 0.817. The van der Waals surface area contributed by atoms with Crippen molar-refractivity contribution in [2.24, 2.45) is 0 Å². The molecule has 2 aromatic rings. The molecule has 1 radical (unpaired) electrons. The standard InChI is InChI=1S/C18H20NO3S/c1-4-19(5-2)23(21,22)18-12-7-6-10-17(18)16-11-8-9-15(13-20)14(16)3/h6-12H,4-5H2,1-3H3. The molecular weight excluding hydrogens is 310 g/mol. The second-order valence-corrected chi connectivity index (χ2v) is 7.07. The van der Waals surface area contributed by atoms with Crippen LogP contribution in [0.2, 0.25) is 0 Å². The molecular formula is C18H20NO3S. The topological polar surface area (TPSA) is 54.5 Å². The Kier molecular flexibility index (Phi) is 5.34. The molecule has 0 fully saturated rings. The lowest BCUT2D eigenvalue weighted by Gasteiger charge is -2.21. The molecule has 0 aliphatic carbocycles. The van der Waals surface area contributed by atoms with Gasteiger partial charge in [-0.25, -0.2) is 8.42 Å². The largest absolute Gasteiger partial charge is 0.285 e. The van der Waals surface area contributed by atoms with E-state index in [0.717, 1.165) is 11.1 Å². The molecule has 2 rings (SSSR count). The molecule has 0 spiro atoms. The summed E-state index contributed by atoms with van der Waals surface area (Å²) in [7, 11) is -3.58. The number of carbonyl (C=O) groups excluding carboxylic acids is 1. The van der Waals surface area contributed by atoms with E-state index in [1.165, 1.54) is 4.31 Å². The number of benzene rings is 2. The van der Waals surface area contributed by atoms with Crippen LogP contribution in [0.4, 0.5) is 0 Å². The molecule has 0 bridgehead atoms. The van der Waals surface area contributed by atoms with E-state index in [1.807, 2.05) is 26.2 Å². The number of sulfonamides is 1. The SMILES string of the molecule is CCN(CC)S(=O)(=O)c1ccccc1-c1cccc([C]=O)c1C. The van der Waals surface area contributed by atoms with Crippen molar-refractivity contribution in [1.29, 1.82) is 0 Å². The first kappa shape index (κ1) is 17.4. The Morgan fingerprint density at radius 1 is 0.957 bits per heavy atom. The zero-order valence-corrected chi connectivity index (χ0v) is 14.4.